The zero-order valence-electron chi connectivity index (χ0n) is 17.8. The Bertz CT molecular complexity index is 1130. The Kier molecular flexibility index (Phi) is 6.45. The Hall–Kier alpha value is -3.11. The minimum atomic E-state index is -0.311. The number of nitrogens with zero attached hydrogens (tertiary/aromatic N) is 3. The molecule has 10 heteroatoms. The molecule has 33 heavy (non-hydrogen) atoms. The molecule has 3 heterocycles. The van der Waals surface area contributed by atoms with Gasteiger partial charge in [-0.15, -0.1) is 10.2 Å². The van der Waals surface area contributed by atoms with Gasteiger partial charge in [0.1, 0.15) is 19.0 Å². The Morgan fingerprint density at radius 3 is 2.70 bits per heavy atom. The molecule has 2 aromatic carbocycles. The number of ether oxygens (including phenoxy) is 3. The number of benzene rings is 2. The lowest BCUT2D eigenvalue weighted by Crippen LogP contribution is -2.18. The first-order valence-electron chi connectivity index (χ1n) is 10.8. The number of thioether (sulfide) groups is 1. The number of aromatic nitrogens is 3. The molecule has 1 fully saturated rings. The van der Waals surface area contributed by atoms with Crippen LogP contribution in [0.2, 0.25) is 0 Å². The van der Waals surface area contributed by atoms with Crippen LogP contribution in [-0.4, -0.2) is 52.3 Å². The molecule has 0 radical (unpaired) electrons. The topological polar surface area (TPSA) is 87.5 Å². The maximum absolute atomic E-state index is 13.4. The third-order valence-electron chi connectivity index (χ3n) is 5.39. The summed E-state index contributed by atoms with van der Waals surface area (Å²) in [4.78, 5) is 12.6. The van der Waals surface area contributed by atoms with Crippen molar-refractivity contribution < 1.29 is 23.4 Å². The lowest BCUT2D eigenvalue weighted by atomic mass is 10.2. The summed E-state index contributed by atoms with van der Waals surface area (Å²) in [6.07, 6.45) is 2.03. The van der Waals surface area contributed by atoms with Crippen LogP contribution in [0.25, 0.3) is 11.4 Å². The molecule has 2 aliphatic rings. The van der Waals surface area contributed by atoms with Gasteiger partial charge in [-0.1, -0.05) is 11.8 Å². The van der Waals surface area contributed by atoms with Crippen LogP contribution in [0, 0.1) is 5.82 Å². The van der Waals surface area contributed by atoms with E-state index in [1.54, 1.807) is 30.3 Å². The molecule has 3 aromatic rings. The second-order valence-corrected chi connectivity index (χ2v) is 8.70. The van der Waals surface area contributed by atoms with Crippen LogP contribution in [0.5, 0.6) is 11.5 Å². The fourth-order valence-corrected chi connectivity index (χ4v) is 4.56. The van der Waals surface area contributed by atoms with Crippen molar-refractivity contribution in [3.8, 4) is 22.9 Å². The van der Waals surface area contributed by atoms with Gasteiger partial charge in [0.2, 0.25) is 5.91 Å². The van der Waals surface area contributed by atoms with Crippen molar-refractivity contribution >= 4 is 23.4 Å². The van der Waals surface area contributed by atoms with E-state index in [4.69, 9.17) is 14.2 Å². The second kappa shape index (κ2) is 9.80. The van der Waals surface area contributed by atoms with Crippen molar-refractivity contribution in [1.82, 2.24) is 14.8 Å². The number of fused-ring (bicyclic) bond motifs is 1. The van der Waals surface area contributed by atoms with E-state index in [0.717, 1.165) is 25.0 Å². The van der Waals surface area contributed by atoms with E-state index in [1.807, 2.05) is 4.57 Å². The summed E-state index contributed by atoms with van der Waals surface area (Å²) < 4.78 is 32.2. The quantitative estimate of drug-likeness (QED) is 0.526. The van der Waals surface area contributed by atoms with Gasteiger partial charge in [-0.05, 0) is 49.2 Å². The highest BCUT2D eigenvalue weighted by Crippen LogP contribution is 2.33. The molecule has 0 bridgehead atoms. The number of anilines is 1. The van der Waals surface area contributed by atoms with E-state index in [-0.39, 0.29) is 23.6 Å². The molecule has 2 aliphatic heterocycles. The van der Waals surface area contributed by atoms with E-state index in [2.05, 4.69) is 15.5 Å². The Labute approximate surface area is 194 Å². The van der Waals surface area contributed by atoms with Crippen LogP contribution >= 0.6 is 11.8 Å². The SMILES string of the molecule is O=C(CSc1nnc(-c2ccc(F)cc2)n1C[C@H]1CCCO1)Nc1ccc2c(c1)OCCO2. The van der Waals surface area contributed by atoms with E-state index >= 15 is 0 Å². The molecule has 1 atom stereocenters. The van der Waals surface area contributed by atoms with E-state index in [1.165, 1.54) is 23.9 Å². The molecule has 0 saturated carbocycles. The number of carbonyl (C=O) groups excluding carboxylic acids is 1. The highest BCUT2D eigenvalue weighted by Gasteiger charge is 2.22. The molecule has 0 aliphatic carbocycles. The molecule has 1 aromatic heterocycles. The second-order valence-electron chi connectivity index (χ2n) is 7.75. The Morgan fingerprint density at radius 2 is 1.91 bits per heavy atom. The van der Waals surface area contributed by atoms with E-state index in [9.17, 15) is 9.18 Å². The predicted molar refractivity (Wildman–Crippen MR) is 121 cm³/mol. The summed E-state index contributed by atoms with van der Waals surface area (Å²) in [5.74, 6) is 1.58. The summed E-state index contributed by atoms with van der Waals surface area (Å²) in [6.45, 7) is 2.31. The van der Waals surface area contributed by atoms with Gasteiger partial charge in [0, 0.05) is 23.9 Å². The largest absolute Gasteiger partial charge is 0.486 e. The maximum Gasteiger partial charge on any atom is 0.234 e. The number of hydrogen-bond acceptors (Lipinski definition) is 7. The molecule has 1 N–H and O–H groups in total. The zero-order valence-corrected chi connectivity index (χ0v) is 18.6. The van der Waals surface area contributed by atoms with Gasteiger partial charge in [0.15, 0.2) is 22.5 Å². The monoisotopic (exact) mass is 470 g/mol. The highest BCUT2D eigenvalue weighted by atomic mass is 32.2. The highest BCUT2D eigenvalue weighted by molar-refractivity contribution is 7.99. The molecule has 1 saturated heterocycles. The number of rotatable bonds is 7. The van der Waals surface area contributed by atoms with Crippen LogP contribution in [0.4, 0.5) is 10.1 Å². The lowest BCUT2D eigenvalue weighted by Gasteiger charge is -2.19. The Morgan fingerprint density at radius 1 is 1.09 bits per heavy atom. The normalized spacial score (nSPS) is 17.2. The zero-order chi connectivity index (χ0) is 22.6. The number of nitrogens with one attached hydrogen (secondary N) is 1. The van der Waals surface area contributed by atoms with Crippen molar-refractivity contribution in [2.24, 2.45) is 0 Å². The molecular weight excluding hydrogens is 447 g/mol. The lowest BCUT2D eigenvalue weighted by molar-refractivity contribution is -0.113. The van der Waals surface area contributed by atoms with Crippen LogP contribution in [0.15, 0.2) is 47.6 Å². The molecule has 8 nitrogen and oxygen atoms in total. The number of halogens is 1. The standard InChI is InChI=1S/C23H23FN4O4S/c24-16-5-3-15(4-6-16)22-26-27-23(28(22)13-18-2-1-9-30-18)33-14-21(29)25-17-7-8-19-20(12-17)32-11-10-31-19/h3-8,12,18H,1-2,9-11,13-14H2,(H,25,29)/t18-/m1/s1. The van der Waals surface area contributed by atoms with Gasteiger partial charge in [0.25, 0.3) is 0 Å². The van der Waals surface area contributed by atoms with Crippen molar-refractivity contribution in [1.29, 1.82) is 0 Å². The molecular formula is C23H23FN4O4S. The first kappa shape index (κ1) is 21.7. The average molecular weight is 471 g/mol. The van der Waals surface area contributed by atoms with Crippen LogP contribution < -0.4 is 14.8 Å². The van der Waals surface area contributed by atoms with Crippen LogP contribution in [0.1, 0.15) is 12.8 Å². The van der Waals surface area contributed by atoms with E-state index in [0.29, 0.717) is 47.9 Å². The van der Waals surface area contributed by atoms with Gasteiger partial charge in [-0.25, -0.2) is 4.39 Å². The molecule has 0 spiro atoms. The number of amides is 1. The molecule has 0 unspecified atom stereocenters. The summed E-state index contributed by atoms with van der Waals surface area (Å²) >= 11 is 1.30. The summed E-state index contributed by atoms with van der Waals surface area (Å²) in [6, 6.07) is 11.5. The van der Waals surface area contributed by atoms with Crippen molar-refractivity contribution in [2.45, 2.75) is 30.6 Å². The van der Waals surface area contributed by atoms with Gasteiger partial charge < -0.3 is 19.5 Å². The van der Waals surface area contributed by atoms with Gasteiger partial charge in [-0.2, -0.15) is 0 Å². The van der Waals surface area contributed by atoms with Gasteiger partial charge >= 0.3 is 0 Å². The van der Waals surface area contributed by atoms with Gasteiger partial charge in [0.05, 0.1) is 18.4 Å². The van der Waals surface area contributed by atoms with Crippen molar-refractivity contribution in [3.63, 3.8) is 0 Å². The number of hydrogen-bond donors (Lipinski definition) is 1. The van der Waals surface area contributed by atoms with Gasteiger partial charge in [-0.3, -0.25) is 9.36 Å². The predicted octanol–water partition coefficient (Wildman–Crippen LogP) is 3.77. The summed E-state index contributed by atoms with van der Waals surface area (Å²) in [7, 11) is 0. The fraction of sp³-hybridized carbons (Fsp3) is 0.348. The molecule has 5 rings (SSSR count). The van der Waals surface area contributed by atoms with Crippen LogP contribution in [-0.2, 0) is 16.1 Å². The number of carbonyl (C=O) groups is 1. The minimum absolute atomic E-state index is 0.0612. The first-order chi connectivity index (χ1) is 16.2. The third kappa shape index (κ3) is 5.12. The minimum Gasteiger partial charge on any atom is -0.486 e. The third-order valence-corrected chi connectivity index (χ3v) is 6.35. The van der Waals surface area contributed by atoms with Crippen LogP contribution in [0.3, 0.4) is 0 Å². The van der Waals surface area contributed by atoms with Crippen molar-refractivity contribution in [2.75, 3.05) is 30.9 Å². The van der Waals surface area contributed by atoms with E-state index < -0.39 is 0 Å². The smallest absolute Gasteiger partial charge is 0.234 e. The fourth-order valence-electron chi connectivity index (χ4n) is 3.81. The molecule has 1 amide bonds. The Balaban J connectivity index is 1.29. The molecule has 172 valence electrons. The summed E-state index contributed by atoms with van der Waals surface area (Å²) in [5.41, 5.74) is 1.40. The summed E-state index contributed by atoms with van der Waals surface area (Å²) in [5, 5.41) is 12.1. The van der Waals surface area contributed by atoms with Crippen molar-refractivity contribution in [3.05, 3.63) is 48.3 Å². The average Bonchev–Trinajstić information content (AvgIpc) is 3.49. The maximum atomic E-state index is 13.4. The first-order valence-corrected chi connectivity index (χ1v) is 11.8.